The average Bonchev–Trinajstić information content (AvgIpc) is 2.23. The highest BCUT2D eigenvalue weighted by Gasteiger charge is 2.23. The van der Waals surface area contributed by atoms with Gasteiger partial charge in [0.15, 0.2) is 17.4 Å². The van der Waals surface area contributed by atoms with Gasteiger partial charge < -0.3 is 9.47 Å². The Morgan fingerprint density at radius 1 is 1.38 bits per heavy atom. The molecule has 0 aliphatic heterocycles. The Morgan fingerprint density at radius 3 is 2.44 bits per heavy atom. The number of alkyl halides is 1. The lowest BCUT2D eigenvalue weighted by molar-refractivity contribution is -0.160. The van der Waals surface area contributed by atoms with E-state index in [4.69, 9.17) is 0 Å². The number of para-hydroxylation sites is 1. The van der Waals surface area contributed by atoms with Gasteiger partial charge in [-0.05, 0) is 19.1 Å². The summed E-state index contributed by atoms with van der Waals surface area (Å²) in [6, 6.07) is 2.86. The summed E-state index contributed by atoms with van der Waals surface area (Å²) in [5, 5.41) is 0. The first-order chi connectivity index (χ1) is 7.56. The molecule has 16 heavy (non-hydrogen) atoms. The van der Waals surface area contributed by atoms with E-state index >= 15 is 0 Å². The predicted molar refractivity (Wildman–Crippen MR) is 48.5 cm³/mol. The van der Waals surface area contributed by atoms with Crippen LogP contribution < -0.4 is 4.74 Å². The second-order valence-electron chi connectivity index (χ2n) is 2.74. The van der Waals surface area contributed by atoms with Crippen LogP contribution in [-0.2, 0) is 9.53 Å². The van der Waals surface area contributed by atoms with Crippen molar-refractivity contribution in [3.8, 4) is 5.75 Å². The van der Waals surface area contributed by atoms with Crippen LogP contribution in [0.1, 0.15) is 6.92 Å². The van der Waals surface area contributed by atoms with Gasteiger partial charge in [0.2, 0.25) is 0 Å². The monoisotopic (exact) mass is 234 g/mol. The lowest BCUT2D eigenvalue weighted by Crippen LogP contribution is -2.25. The van der Waals surface area contributed by atoms with Crippen molar-refractivity contribution in [2.75, 3.05) is 6.61 Å². The maximum Gasteiger partial charge on any atom is 0.381 e. The molecule has 6 heteroatoms. The Hall–Kier alpha value is -1.72. The minimum Gasteiger partial charge on any atom is -0.461 e. The fourth-order valence-corrected chi connectivity index (χ4v) is 0.954. The molecule has 3 nitrogen and oxygen atoms in total. The van der Waals surface area contributed by atoms with Gasteiger partial charge in [0.1, 0.15) is 0 Å². The lowest BCUT2D eigenvalue weighted by atomic mass is 10.3. The number of carbonyl (C=O) groups is 1. The van der Waals surface area contributed by atoms with Crippen LogP contribution in [0.2, 0.25) is 0 Å². The fraction of sp³-hybridized carbons (Fsp3) is 0.300. The Balaban J connectivity index is 2.76. The molecule has 1 unspecified atom stereocenters. The second-order valence-corrected chi connectivity index (χ2v) is 2.74. The normalized spacial score (nSPS) is 12.0. The highest BCUT2D eigenvalue weighted by molar-refractivity contribution is 5.73. The summed E-state index contributed by atoms with van der Waals surface area (Å²) in [5.74, 6) is -4.45. The summed E-state index contributed by atoms with van der Waals surface area (Å²) in [5.41, 5.74) is 0. The first-order valence-electron chi connectivity index (χ1n) is 4.47. The first kappa shape index (κ1) is 12.4. The SMILES string of the molecule is CCOC(=O)C(F)Oc1c(F)cccc1F. The molecule has 0 heterocycles. The van der Waals surface area contributed by atoms with Crippen LogP contribution in [0.4, 0.5) is 13.2 Å². The van der Waals surface area contributed by atoms with Crippen molar-refractivity contribution in [3.05, 3.63) is 29.8 Å². The van der Waals surface area contributed by atoms with Crippen LogP contribution >= 0.6 is 0 Å². The van der Waals surface area contributed by atoms with E-state index < -0.39 is 29.7 Å². The van der Waals surface area contributed by atoms with E-state index in [0.29, 0.717) is 0 Å². The number of benzene rings is 1. The third-order valence-corrected chi connectivity index (χ3v) is 1.61. The van der Waals surface area contributed by atoms with Crippen molar-refractivity contribution in [3.63, 3.8) is 0 Å². The first-order valence-corrected chi connectivity index (χ1v) is 4.47. The molecule has 0 saturated carbocycles. The second kappa shape index (κ2) is 5.39. The van der Waals surface area contributed by atoms with Crippen LogP contribution in [0, 0.1) is 11.6 Å². The molecule has 0 aliphatic carbocycles. The third-order valence-electron chi connectivity index (χ3n) is 1.61. The third kappa shape index (κ3) is 2.88. The Kier molecular flexibility index (Phi) is 4.16. The van der Waals surface area contributed by atoms with Crippen molar-refractivity contribution in [1.82, 2.24) is 0 Å². The van der Waals surface area contributed by atoms with E-state index in [1.165, 1.54) is 6.92 Å². The summed E-state index contributed by atoms with van der Waals surface area (Å²) in [6.07, 6.45) is -2.55. The molecule has 0 aromatic heterocycles. The molecule has 0 N–H and O–H groups in total. The molecular weight excluding hydrogens is 225 g/mol. The van der Waals surface area contributed by atoms with Crippen molar-refractivity contribution < 1.29 is 27.4 Å². The summed E-state index contributed by atoms with van der Waals surface area (Å²) in [6.45, 7) is 1.41. The zero-order chi connectivity index (χ0) is 12.1. The molecule has 1 aromatic rings. The molecule has 0 amide bonds. The van der Waals surface area contributed by atoms with E-state index in [1.54, 1.807) is 0 Å². The van der Waals surface area contributed by atoms with E-state index in [9.17, 15) is 18.0 Å². The van der Waals surface area contributed by atoms with Gasteiger partial charge in [-0.3, -0.25) is 0 Å². The molecule has 1 atom stereocenters. The average molecular weight is 234 g/mol. The number of esters is 1. The Bertz CT molecular complexity index is 361. The molecule has 0 radical (unpaired) electrons. The van der Waals surface area contributed by atoms with E-state index in [2.05, 4.69) is 9.47 Å². The number of hydrogen-bond acceptors (Lipinski definition) is 3. The van der Waals surface area contributed by atoms with Gasteiger partial charge in [-0.2, -0.15) is 4.39 Å². The van der Waals surface area contributed by atoms with Crippen molar-refractivity contribution in [1.29, 1.82) is 0 Å². The van der Waals surface area contributed by atoms with Crippen LogP contribution in [0.3, 0.4) is 0 Å². The van der Waals surface area contributed by atoms with Crippen molar-refractivity contribution >= 4 is 5.97 Å². The molecule has 0 bridgehead atoms. The van der Waals surface area contributed by atoms with Gasteiger partial charge in [-0.15, -0.1) is 0 Å². The van der Waals surface area contributed by atoms with E-state index in [0.717, 1.165) is 18.2 Å². The topological polar surface area (TPSA) is 35.5 Å². The molecule has 0 aliphatic rings. The van der Waals surface area contributed by atoms with Crippen LogP contribution in [0.15, 0.2) is 18.2 Å². The maximum absolute atomic E-state index is 13.0. The smallest absolute Gasteiger partial charge is 0.381 e. The minimum absolute atomic E-state index is 0.0532. The molecular formula is C10H9F3O3. The largest absolute Gasteiger partial charge is 0.461 e. The molecule has 0 spiro atoms. The number of halogens is 3. The van der Waals surface area contributed by atoms with Gasteiger partial charge in [0.25, 0.3) is 0 Å². The summed E-state index contributed by atoms with van der Waals surface area (Å²) >= 11 is 0. The number of hydrogen-bond donors (Lipinski definition) is 0. The quantitative estimate of drug-likeness (QED) is 0.749. The van der Waals surface area contributed by atoms with E-state index in [-0.39, 0.29) is 6.61 Å². The summed E-state index contributed by atoms with van der Waals surface area (Å²) < 4.78 is 47.4. The molecule has 1 rings (SSSR count). The summed E-state index contributed by atoms with van der Waals surface area (Å²) in [7, 11) is 0. The Morgan fingerprint density at radius 2 is 1.94 bits per heavy atom. The van der Waals surface area contributed by atoms with Gasteiger partial charge in [-0.25, -0.2) is 13.6 Å². The lowest BCUT2D eigenvalue weighted by Gasteiger charge is -2.11. The van der Waals surface area contributed by atoms with Gasteiger partial charge in [0.05, 0.1) is 6.61 Å². The Labute approximate surface area is 89.8 Å². The molecule has 1 aromatic carbocycles. The predicted octanol–water partition coefficient (Wildman–Crippen LogP) is 2.20. The molecule has 0 fully saturated rings. The van der Waals surface area contributed by atoms with Gasteiger partial charge >= 0.3 is 12.3 Å². The molecule has 0 saturated heterocycles. The van der Waals surface area contributed by atoms with Crippen LogP contribution in [0.5, 0.6) is 5.75 Å². The highest BCUT2D eigenvalue weighted by atomic mass is 19.2. The van der Waals surface area contributed by atoms with Crippen LogP contribution in [-0.4, -0.2) is 18.9 Å². The van der Waals surface area contributed by atoms with Crippen molar-refractivity contribution in [2.45, 2.75) is 13.3 Å². The zero-order valence-electron chi connectivity index (χ0n) is 8.38. The maximum atomic E-state index is 13.0. The molecule has 88 valence electrons. The fourth-order valence-electron chi connectivity index (χ4n) is 0.954. The minimum atomic E-state index is -2.55. The number of ether oxygens (including phenoxy) is 2. The number of rotatable bonds is 4. The van der Waals surface area contributed by atoms with E-state index in [1.807, 2.05) is 0 Å². The zero-order valence-corrected chi connectivity index (χ0v) is 8.38. The van der Waals surface area contributed by atoms with Gasteiger partial charge in [-0.1, -0.05) is 6.07 Å². The van der Waals surface area contributed by atoms with Crippen LogP contribution in [0.25, 0.3) is 0 Å². The van der Waals surface area contributed by atoms with Crippen molar-refractivity contribution in [2.24, 2.45) is 0 Å². The standard InChI is InChI=1S/C10H9F3O3/c1-2-15-10(14)9(13)16-8-6(11)4-3-5-7(8)12/h3-5,9H,2H2,1H3. The number of carbonyl (C=O) groups excluding carboxylic acids is 1. The van der Waals surface area contributed by atoms with Gasteiger partial charge in [0, 0.05) is 0 Å². The highest BCUT2D eigenvalue weighted by Crippen LogP contribution is 2.22. The summed E-state index contributed by atoms with van der Waals surface area (Å²) in [4.78, 5) is 10.8.